The Morgan fingerprint density at radius 1 is 1.21 bits per heavy atom. The van der Waals surface area contributed by atoms with Crippen LogP contribution in [0.5, 0.6) is 0 Å². The highest BCUT2D eigenvalue weighted by Gasteiger charge is 2.38. The van der Waals surface area contributed by atoms with Crippen LogP contribution in [0.15, 0.2) is 30.3 Å². The van der Waals surface area contributed by atoms with Crippen molar-refractivity contribution in [2.75, 3.05) is 6.54 Å². The molecule has 1 saturated heterocycles. The van der Waals surface area contributed by atoms with Gasteiger partial charge in [0.15, 0.2) is 0 Å². The summed E-state index contributed by atoms with van der Waals surface area (Å²) >= 11 is 0. The van der Waals surface area contributed by atoms with Gasteiger partial charge in [0.05, 0.1) is 0 Å². The summed E-state index contributed by atoms with van der Waals surface area (Å²) in [6, 6.07) is 11.1. The summed E-state index contributed by atoms with van der Waals surface area (Å²) in [5.74, 6) is 0.748. The topological polar surface area (TPSA) is 41.6 Å². The number of hydrogen-bond acceptors (Lipinski definition) is 3. The van der Waals surface area contributed by atoms with Gasteiger partial charge in [-0.15, -0.1) is 0 Å². The Hall–Kier alpha value is -1.55. The fourth-order valence-electron chi connectivity index (χ4n) is 3.54. The van der Waals surface area contributed by atoms with Crippen molar-refractivity contribution in [1.82, 2.24) is 10.2 Å². The van der Waals surface area contributed by atoms with Crippen LogP contribution in [0.2, 0.25) is 0 Å². The summed E-state index contributed by atoms with van der Waals surface area (Å²) < 4.78 is 5.43. The van der Waals surface area contributed by atoms with E-state index in [1.807, 2.05) is 20.8 Å². The van der Waals surface area contributed by atoms with E-state index in [1.54, 1.807) is 0 Å². The van der Waals surface area contributed by atoms with Gasteiger partial charge in [0.25, 0.3) is 0 Å². The predicted molar refractivity (Wildman–Crippen MR) is 97.8 cm³/mol. The molecule has 1 N–H and O–H groups in total. The third kappa shape index (κ3) is 4.97. The number of carbonyl (C=O) groups is 1. The minimum absolute atomic E-state index is 0.141. The molecule has 1 fully saturated rings. The Morgan fingerprint density at radius 2 is 1.83 bits per heavy atom. The number of alkyl carbamates (subject to hydrolysis) is 1. The number of carbonyl (C=O) groups excluding carboxylic acids is 1. The molecule has 24 heavy (non-hydrogen) atoms. The first-order chi connectivity index (χ1) is 11.2. The van der Waals surface area contributed by atoms with Crippen molar-refractivity contribution in [3.05, 3.63) is 35.9 Å². The van der Waals surface area contributed by atoms with Crippen molar-refractivity contribution in [3.63, 3.8) is 0 Å². The Bertz CT molecular complexity index is 538. The first kappa shape index (κ1) is 18.8. The Balaban J connectivity index is 1.99. The van der Waals surface area contributed by atoms with E-state index in [0.717, 1.165) is 13.1 Å². The van der Waals surface area contributed by atoms with E-state index >= 15 is 0 Å². The lowest BCUT2D eigenvalue weighted by Crippen LogP contribution is -2.58. The average molecular weight is 332 g/mol. The molecule has 0 bridgehead atoms. The number of likely N-dealkylation sites (tertiary alicyclic amines) is 1. The van der Waals surface area contributed by atoms with Gasteiger partial charge in [-0.3, -0.25) is 4.90 Å². The third-order valence-corrected chi connectivity index (χ3v) is 4.95. The highest BCUT2D eigenvalue weighted by Crippen LogP contribution is 2.29. The molecule has 1 amide bonds. The van der Waals surface area contributed by atoms with E-state index in [9.17, 15) is 4.79 Å². The summed E-state index contributed by atoms with van der Waals surface area (Å²) in [7, 11) is 0. The molecule has 4 nitrogen and oxygen atoms in total. The lowest BCUT2D eigenvalue weighted by Gasteiger charge is -2.46. The predicted octanol–water partition coefficient (Wildman–Crippen LogP) is 4.06. The van der Waals surface area contributed by atoms with E-state index in [1.165, 1.54) is 5.56 Å². The largest absolute Gasteiger partial charge is 0.444 e. The quantitative estimate of drug-likeness (QED) is 0.907. The van der Waals surface area contributed by atoms with Gasteiger partial charge in [0, 0.05) is 25.2 Å². The second-order valence-electron chi connectivity index (χ2n) is 8.16. The summed E-state index contributed by atoms with van der Waals surface area (Å²) in [4.78, 5) is 14.7. The zero-order chi connectivity index (χ0) is 17.9. The third-order valence-electron chi connectivity index (χ3n) is 4.95. The first-order valence-corrected chi connectivity index (χ1v) is 8.95. The van der Waals surface area contributed by atoms with Gasteiger partial charge in [0.2, 0.25) is 0 Å². The fourth-order valence-corrected chi connectivity index (χ4v) is 3.54. The molecule has 0 radical (unpaired) electrons. The molecule has 1 aromatic rings. The molecule has 0 unspecified atom stereocenters. The van der Waals surface area contributed by atoms with E-state index in [0.29, 0.717) is 17.9 Å². The Morgan fingerprint density at radius 3 is 2.42 bits per heavy atom. The smallest absolute Gasteiger partial charge is 0.407 e. The van der Waals surface area contributed by atoms with Gasteiger partial charge in [-0.05, 0) is 45.1 Å². The highest BCUT2D eigenvalue weighted by molar-refractivity contribution is 5.68. The van der Waals surface area contributed by atoms with Crippen molar-refractivity contribution >= 4 is 6.09 Å². The van der Waals surface area contributed by atoms with Crippen LogP contribution in [0, 0.1) is 11.8 Å². The summed E-state index contributed by atoms with van der Waals surface area (Å²) in [5.41, 5.74) is 0.873. The van der Waals surface area contributed by atoms with Crippen LogP contribution in [0.3, 0.4) is 0 Å². The van der Waals surface area contributed by atoms with Crippen molar-refractivity contribution in [1.29, 1.82) is 0 Å². The number of hydrogen-bond donors (Lipinski definition) is 1. The maximum Gasteiger partial charge on any atom is 0.407 e. The highest BCUT2D eigenvalue weighted by atomic mass is 16.6. The SMILES string of the molecule is C[C@@H]1[C@H](NC(=O)OC(C)(C)C)[C@@H](C)CN(Cc2ccccc2)[C@@H]1C. The Labute approximate surface area is 146 Å². The number of benzene rings is 1. The molecular formula is C20H32N2O2. The number of piperidine rings is 1. The van der Waals surface area contributed by atoms with Crippen molar-refractivity contribution < 1.29 is 9.53 Å². The van der Waals surface area contributed by atoms with Crippen LogP contribution >= 0.6 is 0 Å². The molecule has 1 aromatic carbocycles. The molecule has 0 aromatic heterocycles. The molecule has 1 heterocycles. The summed E-state index contributed by atoms with van der Waals surface area (Å²) in [5, 5.41) is 3.10. The van der Waals surface area contributed by atoms with Gasteiger partial charge >= 0.3 is 6.09 Å². The minimum atomic E-state index is -0.462. The number of nitrogens with one attached hydrogen (secondary N) is 1. The summed E-state index contributed by atoms with van der Waals surface area (Å²) in [6.07, 6.45) is -0.310. The van der Waals surface area contributed by atoms with E-state index in [2.05, 4.69) is 61.3 Å². The van der Waals surface area contributed by atoms with Gasteiger partial charge in [-0.2, -0.15) is 0 Å². The van der Waals surface area contributed by atoms with Crippen LogP contribution in [0.4, 0.5) is 4.79 Å². The van der Waals surface area contributed by atoms with Gasteiger partial charge in [0.1, 0.15) is 5.60 Å². The lowest BCUT2D eigenvalue weighted by molar-refractivity contribution is 0.0202. The fraction of sp³-hybridized carbons (Fsp3) is 0.650. The number of nitrogens with zero attached hydrogens (tertiary/aromatic N) is 1. The maximum atomic E-state index is 12.2. The summed E-state index contributed by atoms with van der Waals surface area (Å²) in [6.45, 7) is 14.3. The zero-order valence-corrected chi connectivity index (χ0v) is 15.9. The second-order valence-corrected chi connectivity index (χ2v) is 8.16. The molecule has 1 aliphatic rings. The first-order valence-electron chi connectivity index (χ1n) is 8.95. The van der Waals surface area contributed by atoms with E-state index < -0.39 is 5.60 Å². The molecule has 1 aliphatic heterocycles. The van der Waals surface area contributed by atoms with Crippen LogP contribution in [0.25, 0.3) is 0 Å². The van der Waals surface area contributed by atoms with Gasteiger partial charge in [-0.25, -0.2) is 4.79 Å². The standard InChI is InChI=1S/C20H32N2O2/c1-14-12-22(13-17-10-8-7-9-11-17)16(3)15(2)18(14)21-19(23)24-20(4,5)6/h7-11,14-16,18H,12-13H2,1-6H3,(H,21,23)/t14-,15-,16+,18+/m0/s1. The number of rotatable bonds is 3. The molecule has 0 saturated carbocycles. The van der Waals surface area contributed by atoms with Crippen LogP contribution in [-0.4, -0.2) is 35.2 Å². The van der Waals surface area contributed by atoms with Gasteiger partial charge in [-0.1, -0.05) is 44.2 Å². The maximum absolute atomic E-state index is 12.2. The second kappa shape index (κ2) is 7.56. The van der Waals surface area contributed by atoms with Crippen LogP contribution < -0.4 is 5.32 Å². The van der Waals surface area contributed by atoms with E-state index in [-0.39, 0.29) is 12.1 Å². The minimum Gasteiger partial charge on any atom is -0.444 e. The molecule has 4 atom stereocenters. The average Bonchev–Trinajstić information content (AvgIpc) is 2.48. The normalized spacial score (nSPS) is 28.4. The molecule has 4 heteroatoms. The molecular weight excluding hydrogens is 300 g/mol. The van der Waals surface area contributed by atoms with Crippen molar-refractivity contribution in [2.24, 2.45) is 11.8 Å². The van der Waals surface area contributed by atoms with Crippen molar-refractivity contribution in [3.8, 4) is 0 Å². The molecule has 2 rings (SSSR count). The van der Waals surface area contributed by atoms with Crippen LogP contribution in [-0.2, 0) is 11.3 Å². The number of amides is 1. The lowest BCUT2D eigenvalue weighted by atomic mass is 9.80. The van der Waals surface area contributed by atoms with E-state index in [4.69, 9.17) is 4.74 Å². The Kier molecular flexibility index (Phi) is 5.92. The monoisotopic (exact) mass is 332 g/mol. The van der Waals surface area contributed by atoms with Crippen molar-refractivity contribution in [2.45, 2.75) is 65.8 Å². The van der Waals surface area contributed by atoms with Crippen LogP contribution in [0.1, 0.15) is 47.1 Å². The molecule has 0 spiro atoms. The molecule has 0 aliphatic carbocycles. The number of ether oxygens (including phenoxy) is 1. The zero-order valence-electron chi connectivity index (χ0n) is 15.9. The van der Waals surface area contributed by atoms with Gasteiger partial charge < -0.3 is 10.1 Å². The molecule has 134 valence electrons.